The lowest BCUT2D eigenvalue weighted by Gasteiger charge is -2.34. The van der Waals surface area contributed by atoms with Crippen LogP contribution in [0.4, 0.5) is 5.69 Å². The molecule has 0 bridgehead atoms. The summed E-state index contributed by atoms with van der Waals surface area (Å²) >= 11 is 11.2. The zero-order chi connectivity index (χ0) is 22.1. The van der Waals surface area contributed by atoms with Gasteiger partial charge in [0.2, 0.25) is 6.08 Å². The lowest BCUT2D eigenvalue weighted by molar-refractivity contribution is 0.122. The minimum Gasteiger partial charge on any atom is -0.301 e. The molecule has 166 valence electrons. The third kappa shape index (κ3) is 8.36. The van der Waals surface area contributed by atoms with Crippen molar-refractivity contribution in [2.75, 3.05) is 32.7 Å². The fourth-order valence-electron chi connectivity index (χ4n) is 3.63. The number of hydrogen-bond acceptors (Lipinski definition) is 5. The van der Waals surface area contributed by atoms with Gasteiger partial charge in [-0.25, -0.2) is 4.79 Å². The van der Waals surface area contributed by atoms with Crippen LogP contribution in [0.3, 0.4) is 0 Å². The van der Waals surface area contributed by atoms with Gasteiger partial charge in [0, 0.05) is 50.5 Å². The highest BCUT2D eigenvalue weighted by Crippen LogP contribution is 2.30. The SMILES string of the molecule is CCCc1ccc(CN2CCN(CC3CC3)CC2)nc1.O=C=Nc1ccc(Cl)cc1Cl. The molecule has 2 aliphatic rings. The summed E-state index contributed by atoms with van der Waals surface area (Å²) in [4.78, 5) is 23.0. The molecule has 1 saturated carbocycles. The maximum Gasteiger partial charge on any atom is 0.240 e. The molecule has 2 heterocycles. The second-order valence-corrected chi connectivity index (χ2v) is 9.07. The summed E-state index contributed by atoms with van der Waals surface area (Å²) in [5, 5.41) is 0.862. The Hall–Kier alpha value is -1.75. The quantitative estimate of drug-likeness (QED) is 0.402. The molecular weight excluding hydrogens is 431 g/mol. The van der Waals surface area contributed by atoms with Crippen LogP contribution in [0.5, 0.6) is 0 Å². The Morgan fingerprint density at radius 2 is 1.84 bits per heavy atom. The number of piperazine rings is 1. The molecule has 2 fully saturated rings. The monoisotopic (exact) mass is 460 g/mol. The van der Waals surface area contributed by atoms with Crippen LogP contribution in [-0.4, -0.2) is 53.6 Å². The van der Waals surface area contributed by atoms with E-state index in [9.17, 15) is 4.79 Å². The molecule has 5 nitrogen and oxygen atoms in total. The Bertz CT molecular complexity index is 872. The summed E-state index contributed by atoms with van der Waals surface area (Å²) in [5.74, 6) is 1.02. The van der Waals surface area contributed by atoms with Crippen molar-refractivity contribution in [3.8, 4) is 0 Å². The lowest BCUT2D eigenvalue weighted by atomic mass is 10.1. The van der Waals surface area contributed by atoms with Crippen LogP contribution < -0.4 is 0 Å². The van der Waals surface area contributed by atoms with Crippen molar-refractivity contribution >= 4 is 35.0 Å². The van der Waals surface area contributed by atoms with Gasteiger partial charge in [0.1, 0.15) is 0 Å². The van der Waals surface area contributed by atoms with Crippen molar-refractivity contribution in [3.63, 3.8) is 0 Å². The second-order valence-electron chi connectivity index (χ2n) is 8.23. The summed E-state index contributed by atoms with van der Waals surface area (Å²) in [6.07, 6.45) is 8.73. The molecule has 7 heteroatoms. The van der Waals surface area contributed by atoms with Crippen LogP contribution >= 0.6 is 23.2 Å². The molecule has 1 saturated heterocycles. The molecule has 1 aromatic carbocycles. The topological polar surface area (TPSA) is 48.8 Å². The molecule has 1 aliphatic heterocycles. The van der Waals surface area contributed by atoms with E-state index in [0.717, 1.165) is 18.9 Å². The number of nitrogens with zero attached hydrogens (tertiary/aromatic N) is 4. The maximum absolute atomic E-state index is 9.83. The van der Waals surface area contributed by atoms with Gasteiger partial charge in [0.15, 0.2) is 0 Å². The number of benzene rings is 1. The van der Waals surface area contributed by atoms with E-state index in [-0.39, 0.29) is 0 Å². The number of isocyanates is 1. The summed E-state index contributed by atoms with van der Waals surface area (Å²) < 4.78 is 0. The number of hydrogen-bond donors (Lipinski definition) is 0. The number of halogens is 2. The number of aliphatic imine (C=N–C) groups is 1. The smallest absolute Gasteiger partial charge is 0.240 e. The van der Waals surface area contributed by atoms with Crippen LogP contribution in [0.25, 0.3) is 0 Å². The Balaban J connectivity index is 0.000000210. The van der Waals surface area contributed by atoms with Crippen LogP contribution in [0, 0.1) is 5.92 Å². The molecule has 2 aromatic rings. The number of aryl methyl sites for hydroxylation is 1. The van der Waals surface area contributed by atoms with Gasteiger partial charge in [0.05, 0.1) is 16.4 Å². The average Bonchev–Trinajstić information content (AvgIpc) is 3.58. The van der Waals surface area contributed by atoms with Crippen molar-refractivity contribution in [1.82, 2.24) is 14.8 Å². The Kier molecular flexibility index (Phi) is 9.51. The minimum absolute atomic E-state index is 0.348. The van der Waals surface area contributed by atoms with E-state index in [4.69, 9.17) is 23.2 Å². The molecule has 1 aromatic heterocycles. The average molecular weight is 461 g/mol. The van der Waals surface area contributed by atoms with E-state index in [1.54, 1.807) is 12.1 Å². The van der Waals surface area contributed by atoms with Crippen molar-refractivity contribution < 1.29 is 4.79 Å². The first-order valence-electron chi connectivity index (χ1n) is 11.0. The van der Waals surface area contributed by atoms with E-state index >= 15 is 0 Å². The van der Waals surface area contributed by atoms with E-state index in [1.165, 1.54) is 75.4 Å². The van der Waals surface area contributed by atoms with Gasteiger partial charge >= 0.3 is 0 Å². The zero-order valence-electron chi connectivity index (χ0n) is 18.1. The normalized spacial score (nSPS) is 16.9. The van der Waals surface area contributed by atoms with Gasteiger partial charge < -0.3 is 4.90 Å². The molecule has 0 radical (unpaired) electrons. The number of pyridine rings is 1. The van der Waals surface area contributed by atoms with Gasteiger partial charge in [-0.2, -0.15) is 4.99 Å². The fraction of sp³-hybridized carbons (Fsp3) is 0.500. The van der Waals surface area contributed by atoms with Crippen LogP contribution in [0.1, 0.15) is 37.4 Å². The Labute approximate surface area is 195 Å². The number of carbonyl (C=O) groups excluding carboxylic acids is 1. The van der Waals surface area contributed by atoms with Gasteiger partial charge in [0.25, 0.3) is 0 Å². The van der Waals surface area contributed by atoms with Gasteiger partial charge in [-0.1, -0.05) is 42.6 Å². The summed E-state index contributed by atoms with van der Waals surface area (Å²) in [5.41, 5.74) is 2.97. The highest BCUT2D eigenvalue weighted by molar-refractivity contribution is 6.36. The third-order valence-electron chi connectivity index (χ3n) is 5.56. The molecule has 0 spiro atoms. The van der Waals surface area contributed by atoms with E-state index in [1.807, 2.05) is 0 Å². The first-order valence-corrected chi connectivity index (χ1v) is 11.7. The van der Waals surface area contributed by atoms with E-state index in [2.05, 4.69) is 45.0 Å². The largest absolute Gasteiger partial charge is 0.301 e. The Morgan fingerprint density at radius 1 is 1.10 bits per heavy atom. The fourth-order valence-corrected chi connectivity index (χ4v) is 4.08. The number of aromatic nitrogens is 1. The zero-order valence-corrected chi connectivity index (χ0v) is 19.6. The predicted molar refractivity (Wildman–Crippen MR) is 127 cm³/mol. The van der Waals surface area contributed by atoms with Gasteiger partial charge in [-0.3, -0.25) is 9.88 Å². The first-order chi connectivity index (χ1) is 15.1. The predicted octanol–water partition coefficient (Wildman–Crippen LogP) is 5.52. The molecule has 31 heavy (non-hydrogen) atoms. The van der Waals surface area contributed by atoms with Crippen LogP contribution in [0.15, 0.2) is 41.5 Å². The summed E-state index contributed by atoms with van der Waals surface area (Å²) in [7, 11) is 0. The van der Waals surface area contributed by atoms with E-state index < -0.39 is 0 Å². The van der Waals surface area contributed by atoms with Gasteiger partial charge in [-0.15, -0.1) is 0 Å². The molecule has 4 rings (SSSR count). The molecule has 0 amide bonds. The summed E-state index contributed by atoms with van der Waals surface area (Å²) in [6.45, 7) is 9.46. The van der Waals surface area contributed by atoms with E-state index in [0.29, 0.717) is 15.7 Å². The minimum atomic E-state index is 0.348. The standard InChI is InChI=1S/C17H27N3.C7H3Cl2NO/c1-2-3-15-6-7-17(18-12-15)14-20-10-8-19(9-11-20)13-16-4-5-16;8-5-1-2-7(10-4-11)6(9)3-5/h6-7,12,16H,2-5,8-11,13-14H2,1H3;1-3H. The molecular formula is C24H30Cl2N4O. The van der Waals surface area contributed by atoms with Crippen molar-refractivity contribution in [1.29, 1.82) is 0 Å². The Morgan fingerprint density at radius 3 is 2.42 bits per heavy atom. The number of rotatable bonds is 7. The third-order valence-corrected chi connectivity index (χ3v) is 6.10. The molecule has 0 unspecified atom stereocenters. The second kappa shape index (κ2) is 12.3. The first kappa shape index (κ1) is 23.9. The highest BCUT2D eigenvalue weighted by Gasteiger charge is 2.26. The van der Waals surface area contributed by atoms with Crippen molar-refractivity contribution in [2.45, 2.75) is 39.2 Å². The van der Waals surface area contributed by atoms with Crippen LogP contribution in [0.2, 0.25) is 10.0 Å². The highest BCUT2D eigenvalue weighted by atomic mass is 35.5. The molecule has 1 aliphatic carbocycles. The van der Waals surface area contributed by atoms with Crippen LogP contribution in [-0.2, 0) is 17.8 Å². The van der Waals surface area contributed by atoms with Crippen molar-refractivity contribution in [2.24, 2.45) is 10.9 Å². The van der Waals surface area contributed by atoms with Crippen molar-refractivity contribution in [3.05, 3.63) is 57.8 Å². The molecule has 0 atom stereocenters. The maximum atomic E-state index is 9.83. The lowest BCUT2D eigenvalue weighted by Crippen LogP contribution is -2.46. The molecule has 0 N–H and O–H groups in total. The van der Waals surface area contributed by atoms with Gasteiger partial charge in [-0.05, 0) is 55.0 Å². The summed E-state index contributed by atoms with van der Waals surface area (Å²) in [6, 6.07) is 9.12.